The lowest BCUT2D eigenvalue weighted by molar-refractivity contribution is 0.556. The lowest BCUT2D eigenvalue weighted by Gasteiger charge is -2.07. The number of hydrogen-bond donors (Lipinski definition) is 1. The number of sulfonamides is 1. The van der Waals surface area contributed by atoms with Crippen LogP contribution in [0.25, 0.3) is 0 Å². The standard InChI is InChI=1S/C14H13BrFNO2S2/c15-10-4-5-14(12(16)7-10)21(18,19)17-8-11-6-9-2-1-3-13(9)20-11/h4-7,17H,1-3,8H2. The molecule has 0 aliphatic heterocycles. The van der Waals surface area contributed by atoms with E-state index in [-0.39, 0.29) is 11.4 Å². The Morgan fingerprint density at radius 2 is 2.10 bits per heavy atom. The molecule has 7 heteroatoms. The highest BCUT2D eigenvalue weighted by Crippen LogP contribution is 2.30. The number of benzene rings is 1. The molecule has 0 radical (unpaired) electrons. The third-order valence-electron chi connectivity index (χ3n) is 3.42. The molecule has 0 spiro atoms. The summed E-state index contributed by atoms with van der Waals surface area (Å²) in [4.78, 5) is 2.00. The molecule has 1 heterocycles. The normalized spacial score (nSPS) is 14.4. The average Bonchev–Trinajstić information content (AvgIpc) is 2.96. The smallest absolute Gasteiger partial charge is 0.207 e. The van der Waals surface area contributed by atoms with Crippen LogP contribution in [0.2, 0.25) is 0 Å². The number of fused-ring (bicyclic) bond motifs is 1. The van der Waals surface area contributed by atoms with E-state index < -0.39 is 15.8 Å². The van der Waals surface area contributed by atoms with E-state index in [4.69, 9.17) is 0 Å². The molecule has 1 aliphatic carbocycles. The van der Waals surface area contributed by atoms with Crippen LogP contribution in [0.15, 0.2) is 33.6 Å². The van der Waals surface area contributed by atoms with Gasteiger partial charge < -0.3 is 0 Å². The minimum Gasteiger partial charge on any atom is -0.207 e. The van der Waals surface area contributed by atoms with Gasteiger partial charge in [-0.2, -0.15) is 0 Å². The molecule has 1 aromatic carbocycles. The molecule has 1 aromatic heterocycles. The summed E-state index contributed by atoms with van der Waals surface area (Å²) >= 11 is 4.75. The van der Waals surface area contributed by atoms with Crippen molar-refractivity contribution in [3.63, 3.8) is 0 Å². The molecule has 3 rings (SSSR count). The van der Waals surface area contributed by atoms with E-state index in [1.54, 1.807) is 11.3 Å². The predicted molar refractivity (Wildman–Crippen MR) is 84.5 cm³/mol. The Hall–Kier alpha value is -0.760. The zero-order valence-electron chi connectivity index (χ0n) is 11.0. The summed E-state index contributed by atoms with van der Waals surface area (Å²) in [6.45, 7) is 0.204. The summed E-state index contributed by atoms with van der Waals surface area (Å²) in [7, 11) is -3.84. The van der Waals surface area contributed by atoms with Gasteiger partial charge in [-0.05, 0) is 49.1 Å². The summed E-state index contributed by atoms with van der Waals surface area (Å²) in [6, 6.07) is 5.97. The molecule has 0 fully saturated rings. The van der Waals surface area contributed by atoms with Crippen molar-refractivity contribution < 1.29 is 12.8 Å². The first kappa shape index (κ1) is 15.1. The lowest BCUT2D eigenvalue weighted by atomic mass is 10.2. The summed E-state index contributed by atoms with van der Waals surface area (Å²) in [5.41, 5.74) is 1.32. The predicted octanol–water partition coefficient (Wildman–Crippen LogP) is 3.62. The van der Waals surface area contributed by atoms with Crippen molar-refractivity contribution in [3.8, 4) is 0 Å². The molecule has 1 N–H and O–H groups in total. The van der Waals surface area contributed by atoms with Gasteiger partial charge in [0.2, 0.25) is 10.0 Å². The summed E-state index contributed by atoms with van der Waals surface area (Å²) in [5.74, 6) is -0.759. The van der Waals surface area contributed by atoms with Gasteiger partial charge in [0.05, 0.1) is 0 Å². The number of aryl methyl sites for hydroxylation is 2. The van der Waals surface area contributed by atoms with Crippen LogP contribution in [0.1, 0.15) is 21.7 Å². The quantitative estimate of drug-likeness (QED) is 0.867. The molecule has 21 heavy (non-hydrogen) atoms. The van der Waals surface area contributed by atoms with E-state index in [0.717, 1.165) is 23.8 Å². The van der Waals surface area contributed by atoms with Crippen molar-refractivity contribution in [1.29, 1.82) is 0 Å². The largest absolute Gasteiger partial charge is 0.243 e. The van der Waals surface area contributed by atoms with E-state index >= 15 is 0 Å². The maximum absolute atomic E-state index is 13.8. The van der Waals surface area contributed by atoms with E-state index in [1.165, 1.54) is 29.0 Å². The van der Waals surface area contributed by atoms with Gasteiger partial charge in [-0.15, -0.1) is 11.3 Å². The monoisotopic (exact) mass is 389 g/mol. The fraction of sp³-hybridized carbons (Fsp3) is 0.286. The molecule has 0 saturated carbocycles. The molecule has 112 valence electrons. The second-order valence-corrected chi connectivity index (χ2v) is 8.79. The number of halogens is 2. The Bertz CT molecular complexity index is 765. The third kappa shape index (κ3) is 3.21. The topological polar surface area (TPSA) is 46.2 Å². The van der Waals surface area contributed by atoms with Crippen LogP contribution in [-0.4, -0.2) is 8.42 Å². The Kier molecular flexibility index (Phi) is 4.18. The Balaban J connectivity index is 1.76. The second kappa shape index (κ2) is 5.79. The van der Waals surface area contributed by atoms with Crippen LogP contribution in [0.4, 0.5) is 4.39 Å². The van der Waals surface area contributed by atoms with Gasteiger partial charge in [0, 0.05) is 20.8 Å². The summed E-state index contributed by atoms with van der Waals surface area (Å²) < 4.78 is 41.0. The van der Waals surface area contributed by atoms with Crippen molar-refractivity contribution in [2.24, 2.45) is 0 Å². The van der Waals surface area contributed by atoms with Gasteiger partial charge in [-0.3, -0.25) is 0 Å². The van der Waals surface area contributed by atoms with Crippen molar-refractivity contribution in [2.45, 2.75) is 30.7 Å². The highest BCUT2D eigenvalue weighted by molar-refractivity contribution is 9.10. The van der Waals surface area contributed by atoms with Gasteiger partial charge in [-0.25, -0.2) is 17.5 Å². The van der Waals surface area contributed by atoms with Crippen LogP contribution in [0.5, 0.6) is 0 Å². The van der Waals surface area contributed by atoms with E-state index in [9.17, 15) is 12.8 Å². The maximum atomic E-state index is 13.8. The van der Waals surface area contributed by atoms with Crippen molar-refractivity contribution in [1.82, 2.24) is 4.72 Å². The molecule has 0 bridgehead atoms. The van der Waals surface area contributed by atoms with Gasteiger partial charge in [0.15, 0.2) is 0 Å². The molecule has 0 unspecified atom stereocenters. The summed E-state index contributed by atoms with van der Waals surface area (Å²) in [6.07, 6.45) is 3.32. The minimum atomic E-state index is -3.84. The Morgan fingerprint density at radius 1 is 1.29 bits per heavy atom. The fourth-order valence-corrected chi connectivity index (χ4v) is 5.10. The molecule has 0 amide bonds. The van der Waals surface area contributed by atoms with Crippen LogP contribution < -0.4 is 4.72 Å². The average molecular weight is 390 g/mol. The molecular weight excluding hydrogens is 377 g/mol. The molecule has 2 aromatic rings. The SMILES string of the molecule is O=S(=O)(NCc1cc2c(s1)CCC2)c1ccc(Br)cc1F. The number of rotatable bonds is 4. The van der Waals surface area contributed by atoms with Gasteiger partial charge in [0.1, 0.15) is 10.7 Å². The molecule has 0 atom stereocenters. The first-order chi connectivity index (χ1) is 9.95. The Labute approximate surface area is 135 Å². The molecule has 3 nitrogen and oxygen atoms in total. The highest BCUT2D eigenvalue weighted by atomic mass is 79.9. The molecule has 0 saturated heterocycles. The number of hydrogen-bond acceptors (Lipinski definition) is 3. The zero-order valence-corrected chi connectivity index (χ0v) is 14.2. The highest BCUT2D eigenvalue weighted by Gasteiger charge is 2.20. The van der Waals surface area contributed by atoms with Crippen LogP contribution in [0, 0.1) is 5.82 Å². The van der Waals surface area contributed by atoms with Gasteiger partial charge in [-0.1, -0.05) is 15.9 Å². The van der Waals surface area contributed by atoms with Gasteiger partial charge >= 0.3 is 0 Å². The summed E-state index contributed by atoms with van der Waals surface area (Å²) in [5, 5.41) is 0. The minimum absolute atomic E-state index is 0.204. The second-order valence-electron chi connectivity index (χ2n) is 4.91. The van der Waals surface area contributed by atoms with Crippen molar-refractivity contribution >= 4 is 37.3 Å². The van der Waals surface area contributed by atoms with Crippen molar-refractivity contribution in [3.05, 3.63) is 49.9 Å². The van der Waals surface area contributed by atoms with E-state index in [1.807, 2.05) is 6.07 Å². The van der Waals surface area contributed by atoms with Crippen molar-refractivity contribution in [2.75, 3.05) is 0 Å². The maximum Gasteiger partial charge on any atom is 0.243 e. The lowest BCUT2D eigenvalue weighted by Crippen LogP contribution is -2.23. The van der Waals surface area contributed by atoms with E-state index in [2.05, 4.69) is 20.7 Å². The van der Waals surface area contributed by atoms with Crippen LogP contribution in [0.3, 0.4) is 0 Å². The molecular formula is C14H13BrFNO2S2. The van der Waals surface area contributed by atoms with E-state index in [0.29, 0.717) is 4.47 Å². The first-order valence-electron chi connectivity index (χ1n) is 6.51. The first-order valence-corrected chi connectivity index (χ1v) is 9.60. The Morgan fingerprint density at radius 3 is 2.81 bits per heavy atom. The van der Waals surface area contributed by atoms with Crippen LogP contribution in [-0.2, 0) is 29.4 Å². The molecule has 1 aliphatic rings. The zero-order chi connectivity index (χ0) is 15.0. The van der Waals surface area contributed by atoms with Gasteiger partial charge in [0.25, 0.3) is 0 Å². The van der Waals surface area contributed by atoms with Crippen LogP contribution >= 0.6 is 27.3 Å². The number of thiophene rings is 1. The fourth-order valence-electron chi connectivity index (χ4n) is 2.41. The third-order valence-corrected chi connectivity index (χ3v) is 6.58. The number of nitrogens with one attached hydrogen (secondary N) is 1.